The second-order valence-electron chi connectivity index (χ2n) is 4.18. The first kappa shape index (κ1) is 14.9. The first-order chi connectivity index (χ1) is 10.7. The van der Waals surface area contributed by atoms with Crippen LogP contribution < -0.4 is 5.43 Å². The highest BCUT2D eigenvalue weighted by molar-refractivity contribution is 6.13. The van der Waals surface area contributed by atoms with Crippen LogP contribution in [0, 0.1) is 28.5 Å². The molecule has 0 fully saturated rings. The van der Waals surface area contributed by atoms with Gasteiger partial charge in [-0.05, 0) is 18.2 Å². The molecule has 0 heterocycles. The van der Waals surface area contributed by atoms with Crippen molar-refractivity contribution in [2.45, 2.75) is 0 Å². The van der Waals surface area contributed by atoms with Crippen molar-refractivity contribution in [2.75, 3.05) is 5.43 Å². The number of hydrogen-bond donors (Lipinski definition) is 1. The minimum absolute atomic E-state index is 0.0604. The molecule has 2 aromatic carbocycles. The van der Waals surface area contributed by atoms with Gasteiger partial charge < -0.3 is 0 Å². The second-order valence-corrected chi connectivity index (χ2v) is 4.18. The van der Waals surface area contributed by atoms with E-state index in [9.17, 15) is 9.18 Å². The molecule has 6 heteroatoms. The van der Waals surface area contributed by atoms with E-state index in [1.165, 1.54) is 6.07 Å². The topological polar surface area (TPSA) is 89.0 Å². The van der Waals surface area contributed by atoms with Crippen molar-refractivity contribution in [3.05, 3.63) is 65.5 Å². The molecule has 106 valence electrons. The van der Waals surface area contributed by atoms with Crippen LogP contribution in [0.5, 0.6) is 0 Å². The number of halogens is 1. The number of rotatable bonds is 4. The van der Waals surface area contributed by atoms with E-state index in [0.29, 0.717) is 5.56 Å². The molecule has 0 unspecified atom stereocenters. The molecule has 0 saturated carbocycles. The van der Waals surface area contributed by atoms with Gasteiger partial charge in [0.25, 0.3) is 0 Å². The van der Waals surface area contributed by atoms with Gasteiger partial charge in [0.2, 0.25) is 5.71 Å². The van der Waals surface area contributed by atoms with Crippen LogP contribution in [0.25, 0.3) is 0 Å². The summed E-state index contributed by atoms with van der Waals surface area (Å²) < 4.78 is 13.4. The third-order valence-electron chi connectivity index (χ3n) is 2.76. The lowest BCUT2D eigenvalue weighted by Crippen LogP contribution is -2.07. The number of benzene rings is 2. The summed E-state index contributed by atoms with van der Waals surface area (Å²) in [5, 5.41) is 20.8. The fourth-order valence-electron chi connectivity index (χ4n) is 1.74. The molecule has 0 amide bonds. The van der Waals surface area contributed by atoms with E-state index in [0.717, 1.165) is 12.1 Å². The molecule has 0 spiro atoms. The summed E-state index contributed by atoms with van der Waals surface area (Å²) in [6, 6.07) is 15.1. The van der Waals surface area contributed by atoms with Crippen molar-refractivity contribution in [1.82, 2.24) is 0 Å². The maximum Gasteiger partial charge on any atom is 0.237 e. The lowest BCUT2D eigenvalue weighted by Gasteiger charge is -2.08. The summed E-state index contributed by atoms with van der Waals surface area (Å²) >= 11 is 0. The summed E-state index contributed by atoms with van der Waals surface area (Å²) in [5.74, 6) is -0.970. The molecule has 5 nitrogen and oxygen atoms in total. The zero-order chi connectivity index (χ0) is 15.9. The molecule has 2 aromatic rings. The number of ketones is 1. The van der Waals surface area contributed by atoms with E-state index >= 15 is 0 Å². The molecule has 0 bridgehead atoms. The molecule has 0 aromatic heterocycles. The fourth-order valence-corrected chi connectivity index (χ4v) is 1.74. The molecule has 0 radical (unpaired) electrons. The first-order valence-corrected chi connectivity index (χ1v) is 6.19. The van der Waals surface area contributed by atoms with Crippen LogP contribution >= 0.6 is 0 Å². The van der Waals surface area contributed by atoms with Crippen LogP contribution in [0.3, 0.4) is 0 Å². The van der Waals surface area contributed by atoms with Gasteiger partial charge in [-0.25, -0.2) is 4.39 Å². The minimum Gasteiger partial charge on any atom is -0.289 e. The highest BCUT2D eigenvalue weighted by Gasteiger charge is 2.14. The monoisotopic (exact) mass is 292 g/mol. The Hall–Kier alpha value is -3.51. The van der Waals surface area contributed by atoms with Crippen LogP contribution in [-0.2, 0) is 0 Å². The predicted molar refractivity (Wildman–Crippen MR) is 78.6 cm³/mol. The van der Waals surface area contributed by atoms with Crippen molar-refractivity contribution >= 4 is 17.2 Å². The Kier molecular flexibility index (Phi) is 4.59. The van der Waals surface area contributed by atoms with Crippen LogP contribution in [0.1, 0.15) is 15.9 Å². The molecular weight excluding hydrogens is 283 g/mol. The Morgan fingerprint density at radius 3 is 2.41 bits per heavy atom. The minimum atomic E-state index is -0.574. The Labute approximate surface area is 125 Å². The molecule has 2 rings (SSSR count). The number of nitriles is 2. The molecule has 1 N–H and O–H groups in total. The third-order valence-corrected chi connectivity index (χ3v) is 2.76. The van der Waals surface area contributed by atoms with E-state index < -0.39 is 17.3 Å². The van der Waals surface area contributed by atoms with E-state index in [1.807, 2.05) is 0 Å². The maximum absolute atomic E-state index is 13.4. The molecule has 0 aliphatic rings. The van der Waals surface area contributed by atoms with Gasteiger partial charge in [0, 0.05) is 5.56 Å². The third kappa shape index (κ3) is 3.33. The lowest BCUT2D eigenvalue weighted by atomic mass is 10.0. The Bertz CT molecular complexity index is 800. The molecule has 0 atom stereocenters. The van der Waals surface area contributed by atoms with E-state index in [4.69, 9.17) is 10.5 Å². The number of carbonyl (C=O) groups is 1. The summed E-state index contributed by atoms with van der Waals surface area (Å²) in [6.45, 7) is 0. The summed E-state index contributed by atoms with van der Waals surface area (Å²) in [7, 11) is 0. The molecule has 0 aliphatic carbocycles. The molecule has 22 heavy (non-hydrogen) atoms. The summed E-state index contributed by atoms with van der Waals surface area (Å²) in [5.41, 5.74) is 2.70. The average molecular weight is 292 g/mol. The van der Waals surface area contributed by atoms with Gasteiger partial charge in [-0.15, -0.1) is 0 Å². The van der Waals surface area contributed by atoms with Crippen molar-refractivity contribution in [1.29, 1.82) is 10.5 Å². The van der Waals surface area contributed by atoms with Gasteiger partial charge in [0.1, 0.15) is 18.0 Å². The second kappa shape index (κ2) is 6.78. The van der Waals surface area contributed by atoms with E-state index in [1.54, 1.807) is 42.5 Å². The quantitative estimate of drug-likeness (QED) is 0.533. The Balaban J connectivity index is 2.41. The Morgan fingerprint density at radius 2 is 1.77 bits per heavy atom. The smallest absolute Gasteiger partial charge is 0.237 e. The molecule has 0 aliphatic heterocycles. The zero-order valence-electron chi connectivity index (χ0n) is 11.2. The number of nitrogens with zero attached hydrogens (tertiary/aromatic N) is 3. The van der Waals surface area contributed by atoms with Crippen molar-refractivity contribution in [3.8, 4) is 12.1 Å². The van der Waals surface area contributed by atoms with Gasteiger partial charge >= 0.3 is 0 Å². The number of hydrazone groups is 1. The van der Waals surface area contributed by atoms with Gasteiger partial charge in [-0.2, -0.15) is 15.6 Å². The number of hydrogen-bond acceptors (Lipinski definition) is 5. The average Bonchev–Trinajstić information content (AvgIpc) is 2.57. The summed E-state index contributed by atoms with van der Waals surface area (Å²) in [4.78, 5) is 12.4. The first-order valence-electron chi connectivity index (χ1n) is 6.19. The van der Waals surface area contributed by atoms with E-state index in [-0.39, 0.29) is 11.3 Å². The standard InChI is InChI=1S/C16H9FN4O/c17-12-6-7-15(21-20-13(9-18)10-19)14(8-12)16(22)11-4-2-1-3-5-11/h1-8,21H. The van der Waals surface area contributed by atoms with Crippen LogP contribution in [0.15, 0.2) is 53.6 Å². The largest absolute Gasteiger partial charge is 0.289 e. The van der Waals surface area contributed by atoms with Crippen molar-refractivity contribution < 1.29 is 9.18 Å². The van der Waals surface area contributed by atoms with Crippen LogP contribution in [-0.4, -0.2) is 11.5 Å². The van der Waals surface area contributed by atoms with Gasteiger partial charge in [-0.3, -0.25) is 10.2 Å². The zero-order valence-corrected chi connectivity index (χ0v) is 11.2. The van der Waals surface area contributed by atoms with Gasteiger partial charge in [0.05, 0.1) is 11.3 Å². The Morgan fingerprint density at radius 1 is 1.09 bits per heavy atom. The highest BCUT2D eigenvalue weighted by Crippen LogP contribution is 2.21. The van der Waals surface area contributed by atoms with Gasteiger partial charge in [-0.1, -0.05) is 30.3 Å². The fraction of sp³-hybridized carbons (Fsp3) is 0. The summed E-state index contributed by atoms with van der Waals surface area (Å²) in [6.07, 6.45) is 0. The van der Waals surface area contributed by atoms with Crippen LogP contribution in [0.2, 0.25) is 0 Å². The maximum atomic E-state index is 13.4. The number of anilines is 1. The SMILES string of the molecule is N#CC(C#N)=NNc1ccc(F)cc1C(=O)c1ccccc1. The predicted octanol–water partition coefficient (Wildman–Crippen LogP) is 2.87. The van der Waals surface area contributed by atoms with Crippen LogP contribution in [0.4, 0.5) is 10.1 Å². The molecule has 0 saturated heterocycles. The normalized spacial score (nSPS) is 9.23. The van der Waals surface area contributed by atoms with Crippen molar-refractivity contribution in [3.63, 3.8) is 0 Å². The lowest BCUT2D eigenvalue weighted by molar-refractivity contribution is 0.103. The number of nitrogens with one attached hydrogen (secondary N) is 1. The highest BCUT2D eigenvalue weighted by atomic mass is 19.1. The molecular formula is C16H9FN4O. The number of carbonyl (C=O) groups excluding carboxylic acids is 1. The van der Waals surface area contributed by atoms with Gasteiger partial charge in [0.15, 0.2) is 5.78 Å². The van der Waals surface area contributed by atoms with Crippen molar-refractivity contribution in [2.24, 2.45) is 5.10 Å². The van der Waals surface area contributed by atoms with E-state index in [2.05, 4.69) is 10.5 Å².